The molecule has 0 aliphatic rings. The van der Waals surface area contributed by atoms with Crippen molar-refractivity contribution in [3.8, 4) is 22.4 Å². The lowest BCUT2D eigenvalue weighted by atomic mass is 10.0. The zero-order chi connectivity index (χ0) is 15.0. The molecule has 0 radical (unpaired) electrons. The van der Waals surface area contributed by atoms with Gasteiger partial charge in [-0.1, -0.05) is 29.8 Å². The van der Waals surface area contributed by atoms with E-state index in [4.69, 9.17) is 17.3 Å². The Morgan fingerprint density at radius 2 is 1.76 bits per heavy atom. The molecule has 0 unspecified atom stereocenters. The maximum atomic E-state index is 13.7. The van der Waals surface area contributed by atoms with Crippen LogP contribution in [0.4, 0.5) is 10.2 Å². The van der Waals surface area contributed by atoms with E-state index in [9.17, 15) is 4.39 Å². The lowest BCUT2D eigenvalue weighted by molar-refractivity contribution is 0.621. The highest BCUT2D eigenvalue weighted by Gasteiger charge is 2.15. The van der Waals surface area contributed by atoms with E-state index in [1.807, 2.05) is 12.1 Å². The summed E-state index contributed by atoms with van der Waals surface area (Å²) in [6.07, 6.45) is 0. The molecule has 3 N–H and O–H groups in total. The van der Waals surface area contributed by atoms with E-state index in [2.05, 4.69) is 26.1 Å². The Bertz CT molecular complexity index is 799. The van der Waals surface area contributed by atoms with Gasteiger partial charge in [0.1, 0.15) is 5.82 Å². The average Bonchev–Trinajstić information content (AvgIpc) is 2.85. The summed E-state index contributed by atoms with van der Waals surface area (Å²) in [5.41, 5.74) is 8.87. The number of nitrogens with two attached hydrogens (primary N) is 1. The molecule has 0 fully saturated rings. The predicted molar refractivity (Wildman–Crippen MR) is 86.5 cm³/mol. The van der Waals surface area contributed by atoms with Gasteiger partial charge in [0.05, 0.1) is 15.7 Å². The number of aromatic amines is 1. The Morgan fingerprint density at radius 1 is 1.10 bits per heavy atom. The molecule has 3 nitrogen and oxygen atoms in total. The van der Waals surface area contributed by atoms with Gasteiger partial charge in [-0.05, 0) is 45.8 Å². The fourth-order valence-electron chi connectivity index (χ4n) is 2.13. The quantitative estimate of drug-likeness (QED) is 0.679. The van der Waals surface area contributed by atoms with E-state index >= 15 is 0 Å². The molecule has 0 saturated heterocycles. The van der Waals surface area contributed by atoms with Crippen molar-refractivity contribution in [2.75, 3.05) is 5.73 Å². The number of anilines is 1. The van der Waals surface area contributed by atoms with Crippen molar-refractivity contribution in [1.29, 1.82) is 0 Å². The topological polar surface area (TPSA) is 54.7 Å². The van der Waals surface area contributed by atoms with Crippen molar-refractivity contribution >= 4 is 33.3 Å². The summed E-state index contributed by atoms with van der Waals surface area (Å²) in [6.45, 7) is 0. The molecule has 0 atom stereocenters. The molecule has 0 aliphatic carbocycles. The monoisotopic (exact) mass is 365 g/mol. The summed E-state index contributed by atoms with van der Waals surface area (Å²) >= 11 is 9.04. The number of nitrogens with zero attached hydrogens (tertiary/aromatic N) is 1. The highest BCUT2D eigenvalue weighted by molar-refractivity contribution is 9.10. The van der Waals surface area contributed by atoms with Crippen LogP contribution in [0.15, 0.2) is 46.9 Å². The minimum atomic E-state index is -0.345. The second kappa shape index (κ2) is 5.50. The van der Waals surface area contributed by atoms with Crippen LogP contribution >= 0.6 is 27.5 Å². The van der Waals surface area contributed by atoms with Gasteiger partial charge in [-0.3, -0.25) is 5.10 Å². The van der Waals surface area contributed by atoms with Crippen LogP contribution in [-0.4, -0.2) is 10.2 Å². The van der Waals surface area contributed by atoms with Crippen molar-refractivity contribution in [1.82, 2.24) is 10.2 Å². The van der Waals surface area contributed by atoms with E-state index in [-0.39, 0.29) is 5.82 Å². The van der Waals surface area contributed by atoms with E-state index in [0.29, 0.717) is 26.6 Å². The van der Waals surface area contributed by atoms with Gasteiger partial charge in [-0.2, -0.15) is 5.10 Å². The number of hydrogen-bond donors (Lipinski definition) is 2. The fourth-order valence-corrected chi connectivity index (χ4v) is 2.50. The van der Waals surface area contributed by atoms with Crippen LogP contribution in [0.2, 0.25) is 5.02 Å². The standard InChI is InChI=1S/C15H10BrClFN3/c16-11-6-3-9(7-12(11)18)14-13(15(19)21-20-14)8-1-4-10(17)5-2-8/h1-7H,(H3,19,20,21). The lowest BCUT2D eigenvalue weighted by Gasteiger charge is -2.06. The summed E-state index contributed by atoms with van der Waals surface area (Å²) in [5, 5.41) is 7.53. The zero-order valence-corrected chi connectivity index (χ0v) is 13.0. The second-order valence-electron chi connectivity index (χ2n) is 4.49. The Morgan fingerprint density at radius 3 is 2.43 bits per heavy atom. The minimum absolute atomic E-state index is 0.345. The number of H-pyrrole nitrogens is 1. The summed E-state index contributed by atoms with van der Waals surface area (Å²) in [4.78, 5) is 0. The smallest absolute Gasteiger partial charge is 0.153 e. The first kappa shape index (κ1) is 14.1. The van der Waals surface area contributed by atoms with Crippen LogP contribution in [0.3, 0.4) is 0 Å². The van der Waals surface area contributed by atoms with Gasteiger partial charge in [0.15, 0.2) is 5.82 Å². The predicted octanol–water partition coefficient (Wildman–Crippen LogP) is 4.88. The van der Waals surface area contributed by atoms with E-state index in [1.165, 1.54) is 6.07 Å². The van der Waals surface area contributed by atoms with Crippen molar-refractivity contribution in [2.24, 2.45) is 0 Å². The van der Waals surface area contributed by atoms with Gasteiger partial charge in [-0.25, -0.2) is 4.39 Å². The molecule has 1 aromatic heterocycles. The maximum absolute atomic E-state index is 13.7. The summed E-state index contributed by atoms with van der Waals surface area (Å²) < 4.78 is 14.1. The molecule has 3 aromatic rings. The molecular formula is C15H10BrClFN3. The third kappa shape index (κ3) is 2.66. The SMILES string of the molecule is Nc1n[nH]c(-c2ccc(Br)c(F)c2)c1-c1ccc(Cl)cc1. The van der Waals surface area contributed by atoms with Gasteiger partial charge >= 0.3 is 0 Å². The Balaban J connectivity index is 2.16. The molecule has 106 valence electrons. The van der Waals surface area contributed by atoms with Gasteiger partial charge in [0.25, 0.3) is 0 Å². The summed E-state index contributed by atoms with van der Waals surface area (Å²) in [7, 11) is 0. The summed E-state index contributed by atoms with van der Waals surface area (Å²) in [5.74, 6) is 0.0124. The molecule has 1 heterocycles. The molecule has 0 amide bonds. The molecular weight excluding hydrogens is 357 g/mol. The van der Waals surface area contributed by atoms with E-state index in [1.54, 1.807) is 24.3 Å². The fraction of sp³-hybridized carbons (Fsp3) is 0. The van der Waals surface area contributed by atoms with Gasteiger partial charge in [0, 0.05) is 10.6 Å². The van der Waals surface area contributed by atoms with Crippen molar-refractivity contribution in [3.63, 3.8) is 0 Å². The highest BCUT2D eigenvalue weighted by atomic mass is 79.9. The van der Waals surface area contributed by atoms with Crippen LogP contribution in [0.25, 0.3) is 22.4 Å². The first-order valence-corrected chi connectivity index (χ1v) is 7.28. The first-order valence-electron chi connectivity index (χ1n) is 6.11. The molecule has 0 spiro atoms. The average molecular weight is 367 g/mol. The molecule has 21 heavy (non-hydrogen) atoms. The normalized spacial score (nSPS) is 10.8. The van der Waals surface area contributed by atoms with Gasteiger partial charge in [-0.15, -0.1) is 0 Å². The number of halogens is 3. The largest absolute Gasteiger partial charge is 0.382 e. The van der Waals surface area contributed by atoms with Crippen LogP contribution in [0.1, 0.15) is 0 Å². The van der Waals surface area contributed by atoms with Crippen LogP contribution in [0, 0.1) is 5.82 Å². The van der Waals surface area contributed by atoms with Gasteiger partial charge in [0.2, 0.25) is 0 Å². The maximum Gasteiger partial charge on any atom is 0.153 e. The van der Waals surface area contributed by atoms with Crippen LogP contribution < -0.4 is 5.73 Å². The zero-order valence-electron chi connectivity index (χ0n) is 10.7. The number of benzene rings is 2. The lowest BCUT2D eigenvalue weighted by Crippen LogP contribution is -1.89. The first-order chi connectivity index (χ1) is 10.1. The number of rotatable bonds is 2. The van der Waals surface area contributed by atoms with Crippen molar-refractivity contribution in [3.05, 3.63) is 57.8 Å². The van der Waals surface area contributed by atoms with E-state index < -0.39 is 0 Å². The molecule has 3 rings (SSSR count). The Hall–Kier alpha value is -1.85. The molecule has 0 saturated carbocycles. The number of nitrogens with one attached hydrogen (secondary N) is 1. The molecule has 0 bridgehead atoms. The molecule has 6 heteroatoms. The summed E-state index contributed by atoms with van der Waals surface area (Å²) in [6, 6.07) is 12.1. The third-order valence-corrected chi connectivity index (χ3v) is 4.03. The van der Waals surface area contributed by atoms with E-state index in [0.717, 1.165) is 11.1 Å². The number of aromatic nitrogens is 2. The van der Waals surface area contributed by atoms with Crippen molar-refractivity contribution < 1.29 is 4.39 Å². The van der Waals surface area contributed by atoms with Gasteiger partial charge < -0.3 is 5.73 Å². The number of nitrogen functional groups attached to an aromatic ring is 1. The minimum Gasteiger partial charge on any atom is -0.382 e. The molecule has 2 aromatic carbocycles. The molecule has 0 aliphatic heterocycles. The highest BCUT2D eigenvalue weighted by Crippen LogP contribution is 2.36. The number of hydrogen-bond acceptors (Lipinski definition) is 2. The Kier molecular flexibility index (Phi) is 3.69. The Labute approximate surface area is 134 Å². The third-order valence-electron chi connectivity index (χ3n) is 3.14. The van der Waals surface area contributed by atoms with Crippen molar-refractivity contribution in [2.45, 2.75) is 0 Å². The van der Waals surface area contributed by atoms with Crippen LogP contribution in [-0.2, 0) is 0 Å². The van der Waals surface area contributed by atoms with Crippen LogP contribution in [0.5, 0.6) is 0 Å². The second-order valence-corrected chi connectivity index (χ2v) is 5.79.